The maximum absolute atomic E-state index is 10.3. The van der Waals surface area contributed by atoms with Crippen LogP contribution >= 0.6 is 0 Å². The second-order valence-electron chi connectivity index (χ2n) is 4.17. The molecule has 2 heterocycles. The number of carbonyl (C=O) groups excluding carboxylic acids is 1. The second kappa shape index (κ2) is 5.14. The van der Waals surface area contributed by atoms with Gasteiger partial charge in [0.15, 0.2) is 0 Å². The van der Waals surface area contributed by atoms with E-state index in [9.17, 15) is 4.79 Å². The Bertz CT molecular complexity index is 305. The number of carbonyl (C=O) groups is 1. The third kappa shape index (κ3) is 2.62. The molecule has 1 atom stereocenters. The van der Waals surface area contributed by atoms with Gasteiger partial charge in [-0.05, 0) is 19.2 Å². The Balaban J connectivity index is 1.85. The maximum Gasteiger partial charge on any atom is 0.211 e. The van der Waals surface area contributed by atoms with Crippen LogP contribution in [0.2, 0.25) is 0 Å². The maximum atomic E-state index is 10.3. The van der Waals surface area contributed by atoms with Gasteiger partial charge in [0.2, 0.25) is 6.41 Å². The van der Waals surface area contributed by atoms with E-state index in [1.165, 1.54) is 0 Å². The highest BCUT2D eigenvalue weighted by molar-refractivity contribution is 5.52. The van der Waals surface area contributed by atoms with Crippen LogP contribution < -0.4 is 10.6 Å². The average molecular weight is 222 g/mol. The van der Waals surface area contributed by atoms with E-state index in [2.05, 4.69) is 33.6 Å². The van der Waals surface area contributed by atoms with Crippen LogP contribution in [0.1, 0.15) is 0 Å². The molecule has 2 aliphatic heterocycles. The Kier molecular flexibility index (Phi) is 3.58. The molecule has 0 radical (unpaired) electrons. The molecule has 0 bridgehead atoms. The van der Waals surface area contributed by atoms with Crippen LogP contribution in [0.25, 0.3) is 0 Å². The molecule has 0 saturated carbocycles. The van der Waals surface area contributed by atoms with Gasteiger partial charge in [-0.15, -0.1) is 0 Å². The van der Waals surface area contributed by atoms with Crippen molar-refractivity contribution in [3.63, 3.8) is 0 Å². The van der Waals surface area contributed by atoms with E-state index in [4.69, 9.17) is 0 Å². The molecule has 2 aliphatic rings. The molecule has 1 unspecified atom stereocenters. The van der Waals surface area contributed by atoms with Gasteiger partial charge in [-0.25, -0.2) is 0 Å². The molecule has 5 heteroatoms. The van der Waals surface area contributed by atoms with Crippen molar-refractivity contribution < 1.29 is 4.79 Å². The van der Waals surface area contributed by atoms with Gasteiger partial charge in [-0.2, -0.15) is 0 Å². The lowest BCUT2D eigenvalue weighted by molar-refractivity contribution is -0.108. The van der Waals surface area contributed by atoms with Gasteiger partial charge in [-0.1, -0.05) is 0 Å². The highest BCUT2D eigenvalue weighted by Gasteiger charge is 2.20. The first-order valence-corrected chi connectivity index (χ1v) is 5.57. The van der Waals surface area contributed by atoms with Crippen LogP contribution in [0.3, 0.4) is 0 Å². The molecule has 5 nitrogen and oxygen atoms in total. The van der Waals surface area contributed by atoms with E-state index in [1.54, 1.807) is 0 Å². The third-order valence-electron chi connectivity index (χ3n) is 3.02. The smallest absolute Gasteiger partial charge is 0.211 e. The molecule has 16 heavy (non-hydrogen) atoms. The van der Waals surface area contributed by atoms with Crippen molar-refractivity contribution in [3.05, 3.63) is 24.0 Å². The summed E-state index contributed by atoms with van der Waals surface area (Å²) in [6.07, 6.45) is 6.81. The van der Waals surface area contributed by atoms with E-state index in [-0.39, 0.29) is 6.17 Å². The number of rotatable bonds is 3. The minimum absolute atomic E-state index is 0.255. The fourth-order valence-corrected chi connectivity index (χ4v) is 1.96. The highest BCUT2D eigenvalue weighted by atomic mass is 16.1. The topological polar surface area (TPSA) is 47.6 Å². The Hall–Kier alpha value is -1.33. The fourth-order valence-electron chi connectivity index (χ4n) is 1.96. The van der Waals surface area contributed by atoms with Crippen LogP contribution in [0, 0.1) is 0 Å². The molecule has 1 fully saturated rings. The van der Waals surface area contributed by atoms with Crippen molar-refractivity contribution in [1.82, 2.24) is 20.4 Å². The molecule has 0 spiro atoms. The number of allylic oxidation sites excluding steroid dienone is 1. The largest absolute Gasteiger partial charge is 0.371 e. The summed E-state index contributed by atoms with van der Waals surface area (Å²) in [6.45, 7) is 4.36. The molecule has 1 amide bonds. The lowest BCUT2D eigenvalue weighted by Crippen LogP contribution is -2.52. The third-order valence-corrected chi connectivity index (χ3v) is 3.02. The number of hydrogen-bond donors (Lipinski definition) is 2. The molecular weight excluding hydrogens is 204 g/mol. The predicted molar refractivity (Wildman–Crippen MR) is 62.4 cm³/mol. The molecule has 2 rings (SSSR count). The first-order chi connectivity index (χ1) is 7.79. The summed E-state index contributed by atoms with van der Waals surface area (Å²) in [4.78, 5) is 15.0. The Labute approximate surface area is 95.8 Å². The summed E-state index contributed by atoms with van der Waals surface area (Å²) in [5.74, 6) is 0. The number of dihydropyridines is 1. The SMILES string of the molecule is CN1CCN(C2C=CC(NC=O)=CN2)CC1. The molecule has 0 aliphatic carbocycles. The second-order valence-corrected chi connectivity index (χ2v) is 4.17. The van der Waals surface area contributed by atoms with Gasteiger partial charge in [0.25, 0.3) is 0 Å². The summed E-state index contributed by atoms with van der Waals surface area (Å²) < 4.78 is 0. The number of piperazine rings is 1. The number of nitrogens with one attached hydrogen (secondary N) is 2. The summed E-state index contributed by atoms with van der Waals surface area (Å²) in [5, 5.41) is 5.90. The first kappa shape index (κ1) is 11.2. The number of amides is 1. The predicted octanol–water partition coefficient (Wildman–Crippen LogP) is -0.693. The molecule has 0 aromatic heterocycles. The van der Waals surface area contributed by atoms with Gasteiger partial charge in [0.1, 0.15) is 0 Å². The van der Waals surface area contributed by atoms with Crippen molar-refractivity contribution in [2.75, 3.05) is 33.2 Å². The quantitative estimate of drug-likeness (QED) is 0.620. The van der Waals surface area contributed by atoms with E-state index in [0.717, 1.165) is 31.9 Å². The van der Waals surface area contributed by atoms with Crippen molar-refractivity contribution in [2.24, 2.45) is 0 Å². The minimum atomic E-state index is 0.255. The standard InChI is InChI=1S/C11H18N4O/c1-14-4-6-15(7-5-14)11-3-2-10(8-12-11)13-9-16/h2-3,8-9,11-12H,4-7H2,1H3,(H,13,16). The minimum Gasteiger partial charge on any atom is -0.371 e. The zero-order valence-electron chi connectivity index (χ0n) is 9.52. The molecule has 2 N–H and O–H groups in total. The van der Waals surface area contributed by atoms with Crippen LogP contribution in [-0.2, 0) is 4.79 Å². The van der Waals surface area contributed by atoms with Gasteiger partial charge in [0, 0.05) is 32.4 Å². The molecule has 1 saturated heterocycles. The summed E-state index contributed by atoms with van der Waals surface area (Å²) >= 11 is 0. The molecule has 0 aromatic rings. The van der Waals surface area contributed by atoms with Gasteiger partial charge < -0.3 is 15.5 Å². The Morgan fingerprint density at radius 2 is 2.19 bits per heavy atom. The van der Waals surface area contributed by atoms with E-state index in [0.29, 0.717) is 6.41 Å². The molecule has 0 aromatic carbocycles. The van der Waals surface area contributed by atoms with Crippen molar-refractivity contribution in [2.45, 2.75) is 6.17 Å². The highest BCUT2D eigenvalue weighted by Crippen LogP contribution is 2.08. The van der Waals surface area contributed by atoms with E-state index in [1.807, 2.05) is 12.3 Å². The Morgan fingerprint density at radius 3 is 2.75 bits per heavy atom. The van der Waals surface area contributed by atoms with Crippen molar-refractivity contribution >= 4 is 6.41 Å². The lowest BCUT2D eigenvalue weighted by atomic mass is 10.2. The monoisotopic (exact) mass is 222 g/mol. The zero-order chi connectivity index (χ0) is 11.4. The Morgan fingerprint density at radius 1 is 1.44 bits per heavy atom. The number of hydrogen-bond acceptors (Lipinski definition) is 4. The van der Waals surface area contributed by atoms with Gasteiger partial charge in [0.05, 0.1) is 11.9 Å². The normalized spacial score (nSPS) is 27.1. The summed E-state index contributed by atoms with van der Waals surface area (Å²) in [6, 6.07) is 0. The fraction of sp³-hybridized carbons (Fsp3) is 0.545. The van der Waals surface area contributed by atoms with Crippen LogP contribution in [0.15, 0.2) is 24.0 Å². The lowest BCUT2D eigenvalue weighted by Gasteiger charge is -2.37. The van der Waals surface area contributed by atoms with Crippen LogP contribution in [0.5, 0.6) is 0 Å². The summed E-state index contributed by atoms with van der Waals surface area (Å²) in [7, 11) is 2.15. The molecule has 88 valence electrons. The average Bonchev–Trinajstić information content (AvgIpc) is 2.32. The van der Waals surface area contributed by atoms with Gasteiger partial charge >= 0.3 is 0 Å². The number of likely N-dealkylation sites (N-methyl/N-ethyl adjacent to an activating group) is 1. The summed E-state index contributed by atoms with van der Waals surface area (Å²) in [5.41, 5.74) is 0.806. The van der Waals surface area contributed by atoms with E-state index < -0.39 is 0 Å². The van der Waals surface area contributed by atoms with Gasteiger partial charge in [-0.3, -0.25) is 9.69 Å². The van der Waals surface area contributed by atoms with Crippen LogP contribution in [0.4, 0.5) is 0 Å². The number of nitrogens with zero attached hydrogens (tertiary/aromatic N) is 2. The first-order valence-electron chi connectivity index (χ1n) is 5.57. The van der Waals surface area contributed by atoms with E-state index >= 15 is 0 Å². The zero-order valence-corrected chi connectivity index (χ0v) is 9.52. The van der Waals surface area contributed by atoms with Crippen molar-refractivity contribution in [3.8, 4) is 0 Å². The van der Waals surface area contributed by atoms with Crippen molar-refractivity contribution in [1.29, 1.82) is 0 Å². The molecular formula is C11H18N4O. The van der Waals surface area contributed by atoms with Crippen LogP contribution in [-0.4, -0.2) is 55.6 Å².